The number of likely N-dealkylation sites (N-methyl/N-ethyl adjacent to an activating group) is 1. The Morgan fingerprint density at radius 2 is 1.84 bits per heavy atom. The minimum atomic E-state index is -0.767. The Kier molecular flexibility index (Phi) is 8.35. The van der Waals surface area contributed by atoms with Crippen LogP contribution in [0.2, 0.25) is 0 Å². The molecule has 0 radical (unpaired) electrons. The fourth-order valence-electron chi connectivity index (χ4n) is 6.39. The second-order valence-electron chi connectivity index (χ2n) is 11.4. The number of nitrogens with zero attached hydrogens (tertiary/aromatic N) is 4. The zero-order valence-electron chi connectivity index (χ0n) is 22.8. The third-order valence-corrected chi connectivity index (χ3v) is 8.99. The lowest BCUT2D eigenvalue weighted by Gasteiger charge is -2.52. The van der Waals surface area contributed by atoms with Crippen molar-refractivity contribution in [3.8, 4) is 0 Å². The van der Waals surface area contributed by atoms with Crippen molar-refractivity contribution in [2.45, 2.75) is 70.2 Å². The van der Waals surface area contributed by atoms with Crippen LogP contribution < -0.4 is 10.2 Å². The molecular formula is C29H42FN5O3. The number of benzene rings is 1. The van der Waals surface area contributed by atoms with Crippen LogP contribution in [0.4, 0.5) is 10.1 Å². The molecule has 5 rings (SSSR count). The zero-order chi connectivity index (χ0) is 26.8. The minimum Gasteiger partial charge on any atom is -0.369 e. The molecule has 0 spiro atoms. The lowest BCUT2D eigenvalue weighted by Crippen LogP contribution is -2.64. The van der Waals surface area contributed by atoms with Crippen molar-refractivity contribution in [3.05, 3.63) is 41.7 Å². The molecule has 3 saturated heterocycles. The molecule has 4 aliphatic rings. The highest BCUT2D eigenvalue weighted by atomic mass is 19.1. The molecule has 208 valence electrons. The van der Waals surface area contributed by atoms with E-state index in [1.54, 1.807) is 12.1 Å². The Morgan fingerprint density at radius 1 is 1.13 bits per heavy atom. The molecule has 4 aliphatic heterocycles. The average molecular weight is 528 g/mol. The first-order valence-electron chi connectivity index (χ1n) is 14.2. The summed E-state index contributed by atoms with van der Waals surface area (Å²) in [6.07, 6.45) is 7.29. The van der Waals surface area contributed by atoms with Gasteiger partial charge in [0.25, 0.3) is 5.91 Å². The van der Waals surface area contributed by atoms with Gasteiger partial charge in [0.15, 0.2) is 0 Å². The SMILES string of the molecule is C=CCCC(C(=O)NC)N1OCc2cc(F)c(N3CCC(N4CC(N5CCC(C)CC5)C4)CC3)cc2C1=O. The van der Waals surface area contributed by atoms with Gasteiger partial charge in [-0.1, -0.05) is 13.0 Å². The number of hydrogen-bond donors (Lipinski definition) is 1. The van der Waals surface area contributed by atoms with E-state index in [1.165, 1.54) is 39.0 Å². The summed E-state index contributed by atoms with van der Waals surface area (Å²) in [5.41, 5.74) is 1.38. The van der Waals surface area contributed by atoms with Gasteiger partial charge in [-0.2, -0.15) is 0 Å². The Labute approximate surface area is 225 Å². The number of rotatable bonds is 8. The van der Waals surface area contributed by atoms with Crippen LogP contribution in [0.15, 0.2) is 24.8 Å². The summed E-state index contributed by atoms with van der Waals surface area (Å²) in [6.45, 7) is 12.4. The minimum absolute atomic E-state index is 0.0496. The van der Waals surface area contributed by atoms with E-state index in [1.807, 2.05) is 0 Å². The monoisotopic (exact) mass is 527 g/mol. The largest absolute Gasteiger partial charge is 0.369 e. The summed E-state index contributed by atoms with van der Waals surface area (Å²) in [5, 5.41) is 3.77. The first kappa shape index (κ1) is 27.1. The van der Waals surface area contributed by atoms with Gasteiger partial charge in [-0.3, -0.25) is 24.2 Å². The normalized spacial score (nSPS) is 23.2. The standard InChI is InChI=1S/C29H42FN5O3/c1-4-5-6-26(28(36)31-3)35-29(37)24-16-27(25(30)15-21(24)19-38-35)33-13-9-22(10-14-33)34-17-23(18-34)32-11-7-20(2)8-12-32/h4,15-16,20,22-23,26H,1,5-14,17-19H2,2-3H3,(H,31,36). The van der Waals surface area contributed by atoms with E-state index in [4.69, 9.17) is 4.84 Å². The Bertz CT molecular complexity index is 1030. The van der Waals surface area contributed by atoms with Crippen LogP contribution in [0.1, 0.15) is 61.4 Å². The Hall–Kier alpha value is -2.49. The molecule has 2 amide bonds. The van der Waals surface area contributed by atoms with Gasteiger partial charge in [-0.05, 0) is 75.2 Å². The van der Waals surface area contributed by atoms with Gasteiger partial charge in [0, 0.05) is 50.9 Å². The molecule has 3 fully saturated rings. The highest BCUT2D eigenvalue weighted by Gasteiger charge is 2.39. The summed E-state index contributed by atoms with van der Waals surface area (Å²) in [6, 6.07) is 3.55. The van der Waals surface area contributed by atoms with Gasteiger partial charge >= 0.3 is 0 Å². The van der Waals surface area contributed by atoms with E-state index < -0.39 is 11.9 Å². The maximum Gasteiger partial charge on any atom is 0.278 e. The molecule has 4 heterocycles. The van der Waals surface area contributed by atoms with Crippen molar-refractivity contribution >= 4 is 17.5 Å². The van der Waals surface area contributed by atoms with Crippen LogP contribution in [0.25, 0.3) is 0 Å². The van der Waals surface area contributed by atoms with Gasteiger partial charge in [0.05, 0.1) is 5.69 Å². The predicted octanol–water partition coefficient (Wildman–Crippen LogP) is 3.18. The molecule has 0 aliphatic carbocycles. The van der Waals surface area contributed by atoms with Crippen molar-refractivity contribution < 1.29 is 18.8 Å². The lowest BCUT2D eigenvalue weighted by molar-refractivity contribution is -0.175. The van der Waals surface area contributed by atoms with Crippen molar-refractivity contribution in [2.75, 3.05) is 51.2 Å². The third kappa shape index (κ3) is 5.46. The van der Waals surface area contributed by atoms with E-state index in [0.29, 0.717) is 41.7 Å². The van der Waals surface area contributed by atoms with Gasteiger partial charge in [0.1, 0.15) is 18.5 Å². The lowest BCUT2D eigenvalue weighted by atomic mass is 9.93. The molecule has 1 N–H and O–H groups in total. The summed E-state index contributed by atoms with van der Waals surface area (Å²) in [7, 11) is 1.54. The maximum atomic E-state index is 15.2. The number of hydroxylamine groups is 2. The van der Waals surface area contributed by atoms with E-state index in [9.17, 15) is 9.59 Å². The molecule has 8 nitrogen and oxygen atoms in total. The Balaban J connectivity index is 1.21. The number of allylic oxidation sites excluding steroid dienone is 1. The number of carbonyl (C=O) groups is 2. The number of piperidine rings is 2. The molecule has 0 bridgehead atoms. The number of fused-ring (bicyclic) bond motifs is 1. The molecule has 0 aromatic heterocycles. The predicted molar refractivity (Wildman–Crippen MR) is 145 cm³/mol. The van der Waals surface area contributed by atoms with Crippen molar-refractivity contribution in [1.29, 1.82) is 0 Å². The van der Waals surface area contributed by atoms with Gasteiger partial charge in [-0.25, -0.2) is 9.45 Å². The van der Waals surface area contributed by atoms with E-state index in [2.05, 4.69) is 33.5 Å². The van der Waals surface area contributed by atoms with Gasteiger partial charge in [-0.15, -0.1) is 6.58 Å². The number of amides is 2. The molecule has 9 heteroatoms. The number of likely N-dealkylation sites (tertiary alicyclic amines) is 2. The zero-order valence-corrected chi connectivity index (χ0v) is 22.8. The van der Waals surface area contributed by atoms with Crippen LogP contribution in [-0.2, 0) is 16.2 Å². The highest BCUT2D eigenvalue weighted by molar-refractivity contribution is 5.99. The van der Waals surface area contributed by atoms with Crippen molar-refractivity contribution in [1.82, 2.24) is 20.2 Å². The highest BCUT2D eigenvalue weighted by Crippen LogP contribution is 2.33. The molecular weight excluding hydrogens is 485 g/mol. The van der Waals surface area contributed by atoms with Crippen LogP contribution in [0.3, 0.4) is 0 Å². The summed E-state index contributed by atoms with van der Waals surface area (Å²) >= 11 is 0. The Morgan fingerprint density at radius 3 is 2.50 bits per heavy atom. The summed E-state index contributed by atoms with van der Waals surface area (Å²) in [5.74, 6) is -0.170. The number of hydrogen-bond acceptors (Lipinski definition) is 6. The second kappa shape index (κ2) is 11.7. The first-order chi connectivity index (χ1) is 18.4. The topological polar surface area (TPSA) is 68.4 Å². The molecule has 38 heavy (non-hydrogen) atoms. The van der Waals surface area contributed by atoms with Crippen LogP contribution in [0, 0.1) is 11.7 Å². The van der Waals surface area contributed by atoms with Crippen molar-refractivity contribution in [2.24, 2.45) is 5.92 Å². The van der Waals surface area contributed by atoms with Gasteiger partial charge in [0.2, 0.25) is 5.91 Å². The van der Waals surface area contributed by atoms with E-state index in [-0.39, 0.29) is 18.3 Å². The summed E-state index contributed by atoms with van der Waals surface area (Å²) in [4.78, 5) is 38.9. The molecule has 1 unspecified atom stereocenters. The van der Waals surface area contributed by atoms with Gasteiger partial charge < -0.3 is 10.2 Å². The smallest absolute Gasteiger partial charge is 0.278 e. The fourth-order valence-corrected chi connectivity index (χ4v) is 6.39. The maximum absolute atomic E-state index is 15.2. The fraction of sp³-hybridized carbons (Fsp3) is 0.655. The molecule has 1 atom stereocenters. The van der Waals surface area contributed by atoms with Crippen molar-refractivity contribution in [3.63, 3.8) is 0 Å². The van der Waals surface area contributed by atoms with Crippen LogP contribution in [0.5, 0.6) is 0 Å². The third-order valence-electron chi connectivity index (χ3n) is 8.99. The quantitative estimate of drug-likeness (QED) is 0.524. The van der Waals surface area contributed by atoms with Crippen LogP contribution >= 0.6 is 0 Å². The average Bonchev–Trinajstić information content (AvgIpc) is 2.90. The molecule has 0 saturated carbocycles. The molecule has 1 aromatic rings. The first-order valence-corrected chi connectivity index (χ1v) is 14.2. The molecule has 1 aromatic carbocycles. The second-order valence-corrected chi connectivity index (χ2v) is 11.4. The number of halogens is 1. The van der Waals surface area contributed by atoms with E-state index >= 15 is 4.39 Å². The van der Waals surface area contributed by atoms with Crippen LogP contribution in [-0.4, -0.2) is 91.1 Å². The van der Waals surface area contributed by atoms with E-state index in [0.717, 1.165) is 50.0 Å². The summed E-state index contributed by atoms with van der Waals surface area (Å²) < 4.78 is 15.2. The number of carbonyl (C=O) groups excluding carboxylic acids is 2. The number of anilines is 1. The number of nitrogens with one attached hydrogen (secondary N) is 1.